The number of rotatable bonds is 3. The summed E-state index contributed by atoms with van der Waals surface area (Å²) in [6, 6.07) is -0.0426. The Balaban J connectivity index is 2.35. The Bertz CT molecular complexity index is 181. The molecule has 0 radical (unpaired) electrons. The van der Waals surface area contributed by atoms with Gasteiger partial charge < -0.3 is 5.32 Å². The maximum Gasteiger partial charge on any atom is 0.390 e. The lowest BCUT2D eigenvalue weighted by molar-refractivity contribution is -0.145. The van der Waals surface area contributed by atoms with E-state index in [-0.39, 0.29) is 0 Å². The van der Waals surface area contributed by atoms with Crippen molar-refractivity contribution in [3.8, 4) is 0 Å². The van der Waals surface area contributed by atoms with Crippen molar-refractivity contribution >= 4 is 0 Å². The van der Waals surface area contributed by atoms with Crippen molar-refractivity contribution in [2.24, 2.45) is 0 Å². The Hall–Kier alpha value is -0.290. The lowest BCUT2D eigenvalue weighted by atomic mass is 10.2. The highest BCUT2D eigenvalue weighted by molar-refractivity contribution is 4.83. The number of nitrogens with one attached hydrogen (secondary N) is 1. The Labute approximate surface area is 82.5 Å². The summed E-state index contributed by atoms with van der Waals surface area (Å²) in [7, 11) is 1.85. The fourth-order valence-electron chi connectivity index (χ4n) is 1.89. The number of nitrogens with zero attached hydrogens (tertiary/aromatic N) is 1. The number of alkyl halides is 3. The van der Waals surface area contributed by atoms with Gasteiger partial charge in [-0.3, -0.25) is 4.90 Å². The molecule has 2 nitrogen and oxygen atoms in total. The smallest absolute Gasteiger partial charge is 0.316 e. The van der Waals surface area contributed by atoms with E-state index in [1.165, 1.54) is 0 Å². The van der Waals surface area contributed by atoms with Gasteiger partial charge in [0.15, 0.2) is 0 Å². The van der Waals surface area contributed by atoms with Gasteiger partial charge in [-0.1, -0.05) is 0 Å². The lowest BCUT2D eigenvalue weighted by Crippen LogP contribution is -2.37. The van der Waals surface area contributed by atoms with Crippen LogP contribution < -0.4 is 5.32 Å². The minimum atomic E-state index is -4.04. The summed E-state index contributed by atoms with van der Waals surface area (Å²) in [5.74, 6) is 0. The normalized spacial score (nSPS) is 26.8. The highest BCUT2D eigenvalue weighted by atomic mass is 19.4. The van der Waals surface area contributed by atoms with Crippen LogP contribution in [0.25, 0.3) is 0 Å². The van der Waals surface area contributed by atoms with E-state index in [2.05, 4.69) is 5.32 Å². The summed E-state index contributed by atoms with van der Waals surface area (Å²) in [6.07, 6.45) is -3.81. The first kappa shape index (κ1) is 11.8. The lowest BCUT2D eigenvalue weighted by Gasteiger charge is -2.25. The number of hydrogen-bond donors (Lipinski definition) is 1. The molecule has 1 aliphatic heterocycles. The molecule has 0 aliphatic carbocycles. The highest BCUT2D eigenvalue weighted by Crippen LogP contribution is 2.25. The van der Waals surface area contributed by atoms with Crippen LogP contribution >= 0.6 is 0 Å². The average molecular weight is 210 g/mol. The van der Waals surface area contributed by atoms with Crippen LogP contribution in [0.5, 0.6) is 0 Å². The van der Waals surface area contributed by atoms with Crippen LogP contribution in [0.2, 0.25) is 0 Å². The van der Waals surface area contributed by atoms with Crippen LogP contribution in [0.4, 0.5) is 13.2 Å². The first-order valence-corrected chi connectivity index (χ1v) is 4.90. The number of likely N-dealkylation sites (tertiary alicyclic amines) is 1. The van der Waals surface area contributed by atoms with Gasteiger partial charge >= 0.3 is 6.18 Å². The summed E-state index contributed by atoms with van der Waals surface area (Å²) in [5, 5.41) is 3.09. The molecule has 1 N–H and O–H groups in total. The van der Waals surface area contributed by atoms with E-state index in [0.717, 1.165) is 19.5 Å². The van der Waals surface area contributed by atoms with Crippen molar-refractivity contribution in [2.45, 2.75) is 38.0 Å². The van der Waals surface area contributed by atoms with Crippen LogP contribution in [0.1, 0.15) is 19.8 Å². The highest BCUT2D eigenvalue weighted by Gasteiger charge is 2.34. The number of likely N-dealkylation sites (N-methyl/N-ethyl adjacent to an activating group) is 1. The van der Waals surface area contributed by atoms with E-state index in [0.29, 0.717) is 6.04 Å². The summed E-state index contributed by atoms with van der Waals surface area (Å²) < 4.78 is 36.3. The summed E-state index contributed by atoms with van der Waals surface area (Å²) in [5.41, 5.74) is 0. The van der Waals surface area contributed by atoms with Gasteiger partial charge in [-0.15, -0.1) is 0 Å². The van der Waals surface area contributed by atoms with Crippen LogP contribution in [-0.2, 0) is 0 Å². The van der Waals surface area contributed by atoms with E-state index in [1.54, 1.807) is 6.92 Å². The molecule has 14 heavy (non-hydrogen) atoms. The van der Waals surface area contributed by atoms with E-state index in [1.807, 2.05) is 11.9 Å². The molecule has 1 rings (SSSR count). The summed E-state index contributed by atoms with van der Waals surface area (Å²) >= 11 is 0. The third-order valence-electron chi connectivity index (χ3n) is 2.78. The van der Waals surface area contributed by atoms with Gasteiger partial charge in [0.05, 0.1) is 6.42 Å². The van der Waals surface area contributed by atoms with E-state index in [4.69, 9.17) is 0 Å². The van der Waals surface area contributed by atoms with Crippen LogP contribution in [0.15, 0.2) is 0 Å². The van der Waals surface area contributed by atoms with Crippen molar-refractivity contribution in [1.82, 2.24) is 10.2 Å². The molecular weight excluding hydrogens is 193 g/mol. The van der Waals surface area contributed by atoms with Crippen molar-refractivity contribution in [3.05, 3.63) is 0 Å². The van der Waals surface area contributed by atoms with Crippen molar-refractivity contribution in [3.63, 3.8) is 0 Å². The van der Waals surface area contributed by atoms with Crippen molar-refractivity contribution in [2.75, 3.05) is 20.1 Å². The first-order chi connectivity index (χ1) is 6.42. The summed E-state index contributed by atoms with van der Waals surface area (Å²) in [6.45, 7) is 3.14. The fraction of sp³-hybridized carbons (Fsp3) is 1.00. The molecule has 0 spiro atoms. The monoisotopic (exact) mass is 210 g/mol. The molecule has 0 aromatic rings. The van der Waals surface area contributed by atoms with Gasteiger partial charge in [0.25, 0.3) is 0 Å². The van der Waals surface area contributed by atoms with E-state index < -0.39 is 18.6 Å². The molecule has 0 bridgehead atoms. The molecule has 1 fully saturated rings. The second-order valence-corrected chi connectivity index (χ2v) is 3.94. The van der Waals surface area contributed by atoms with Gasteiger partial charge in [0, 0.05) is 25.2 Å². The molecular formula is C9H17F3N2. The maximum absolute atomic E-state index is 12.1. The zero-order chi connectivity index (χ0) is 10.8. The van der Waals surface area contributed by atoms with Crippen LogP contribution in [0, 0.1) is 0 Å². The zero-order valence-electron chi connectivity index (χ0n) is 8.56. The zero-order valence-corrected chi connectivity index (χ0v) is 8.56. The number of halogens is 3. The van der Waals surface area contributed by atoms with Crippen LogP contribution in [-0.4, -0.2) is 43.3 Å². The van der Waals surface area contributed by atoms with Gasteiger partial charge in [-0.05, 0) is 20.4 Å². The molecule has 0 amide bonds. The van der Waals surface area contributed by atoms with Gasteiger partial charge in [0.2, 0.25) is 0 Å². The van der Waals surface area contributed by atoms with Gasteiger partial charge in [0.1, 0.15) is 0 Å². The Kier molecular flexibility index (Phi) is 3.78. The standard InChI is InChI=1S/C9H17F3N2/c1-7(5-9(10,11)12)14-4-3-8(6-14)13-2/h7-8,13H,3-6H2,1-2H3. The molecule has 84 valence electrons. The predicted octanol–water partition coefficient (Wildman–Crippen LogP) is 1.62. The molecule has 1 aliphatic rings. The SMILES string of the molecule is CNC1CCN(C(C)CC(F)(F)F)C1. The van der Waals surface area contributed by atoms with Gasteiger partial charge in [-0.25, -0.2) is 0 Å². The fourth-order valence-corrected chi connectivity index (χ4v) is 1.89. The number of hydrogen-bond acceptors (Lipinski definition) is 2. The van der Waals surface area contributed by atoms with Crippen molar-refractivity contribution < 1.29 is 13.2 Å². The third kappa shape index (κ3) is 3.46. The first-order valence-electron chi connectivity index (χ1n) is 4.90. The third-order valence-corrected chi connectivity index (χ3v) is 2.78. The van der Waals surface area contributed by atoms with E-state index in [9.17, 15) is 13.2 Å². The second kappa shape index (κ2) is 4.49. The molecule has 1 heterocycles. The Morgan fingerprint density at radius 3 is 2.57 bits per heavy atom. The van der Waals surface area contributed by atoms with Crippen LogP contribution in [0.3, 0.4) is 0 Å². The largest absolute Gasteiger partial charge is 0.390 e. The quantitative estimate of drug-likeness (QED) is 0.761. The minimum Gasteiger partial charge on any atom is -0.316 e. The van der Waals surface area contributed by atoms with Crippen molar-refractivity contribution in [1.29, 1.82) is 0 Å². The van der Waals surface area contributed by atoms with Gasteiger partial charge in [-0.2, -0.15) is 13.2 Å². The molecule has 5 heteroatoms. The Morgan fingerprint density at radius 1 is 1.50 bits per heavy atom. The molecule has 1 saturated heterocycles. The topological polar surface area (TPSA) is 15.3 Å². The molecule has 0 aromatic carbocycles. The molecule has 2 unspecified atom stereocenters. The minimum absolute atomic E-state index is 0.352. The summed E-state index contributed by atoms with van der Waals surface area (Å²) in [4.78, 5) is 1.90. The maximum atomic E-state index is 12.1. The van der Waals surface area contributed by atoms with E-state index >= 15 is 0 Å². The predicted molar refractivity (Wildman–Crippen MR) is 49.2 cm³/mol. The average Bonchev–Trinajstić information content (AvgIpc) is 2.48. The Morgan fingerprint density at radius 2 is 2.14 bits per heavy atom. The second-order valence-electron chi connectivity index (χ2n) is 3.94. The molecule has 0 aromatic heterocycles. The molecule has 2 atom stereocenters. The molecule has 0 saturated carbocycles.